The summed E-state index contributed by atoms with van der Waals surface area (Å²) >= 11 is 12.0. The van der Waals surface area contributed by atoms with Crippen LogP contribution in [0, 0.1) is 11.3 Å². The van der Waals surface area contributed by atoms with Crippen molar-refractivity contribution < 1.29 is 4.74 Å². The Kier molecular flexibility index (Phi) is 8.98. The zero-order valence-corrected chi connectivity index (χ0v) is 11.7. The lowest BCUT2D eigenvalue weighted by atomic mass is 9.78. The Morgan fingerprint density at radius 1 is 1.13 bits per heavy atom. The maximum atomic E-state index is 6.02. The maximum absolute atomic E-state index is 6.02. The quantitative estimate of drug-likeness (QED) is 0.440. The Morgan fingerprint density at radius 2 is 1.73 bits per heavy atom. The van der Waals surface area contributed by atoms with Crippen LogP contribution in [0.3, 0.4) is 0 Å². The standard InChI is InChI=1S/C12H24Cl2O/c1-4-5-7-15-8-6-12(9-13,10-14)11(2)3/h11H,4-10H2,1-3H3. The van der Waals surface area contributed by atoms with Crippen molar-refractivity contribution in [3.05, 3.63) is 0 Å². The number of unbranched alkanes of at least 4 members (excludes halogenated alkanes) is 1. The molecule has 3 heteroatoms. The molecule has 0 saturated heterocycles. The molecule has 0 N–H and O–H groups in total. The maximum Gasteiger partial charge on any atom is 0.0472 e. The fraction of sp³-hybridized carbons (Fsp3) is 1.00. The minimum Gasteiger partial charge on any atom is -0.381 e. The van der Waals surface area contributed by atoms with Gasteiger partial charge in [0.25, 0.3) is 0 Å². The van der Waals surface area contributed by atoms with E-state index in [1.165, 1.54) is 6.42 Å². The summed E-state index contributed by atoms with van der Waals surface area (Å²) in [5.41, 5.74) is 0.0370. The van der Waals surface area contributed by atoms with Gasteiger partial charge in [-0.3, -0.25) is 0 Å². The van der Waals surface area contributed by atoms with Gasteiger partial charge in [-0.15, -0.1) is 23.2 Å². The minimum absolute atomic E-state index is 0.0370. The molecular weight excluding hydrogens is 231 g/mol. The van der Waals surface area contributed by atoms with Crippen LogP contribution in [0.4, 0.5) is 0 Å². The largest absolute Gasteiger partial charge is 0.381 e. The summed E-state index contributed by atoms with van der Waals surface area (Å²) in [6.45, 7) is 8.15. The Balaban J connectivity index is 3.86. The van der Waals surface area contributed by atoms with Gasteiger partial charge in [0.1, 0.15) is 0 Å². The summed E-state index contributed by atoms with van der Waals surface area (Å²) in [6, 6.07) is 0. The van der Waals surface area contributed by atoms with Crippen molar-refractivity contribution in [2.24, 2.45) is 11.3 Å². The number of hydrogen-bond donors (Lipinski definition) is 0. The topological polar surface area (TPSA) is 9.23 Å². The molecule has 1 nitrogen and oxygen atoms in total. The van der Waals surface area contributed by atoms with Gasteiger partial charge < -0.3 is 4.74 Å². The molecule has 0 amide bonds. The van der Waals surface area contributed by atoms with E-state index in [9.17, 15) is 0 Å². The van der Waals surface area contributed by atoms with E-state index in [4.69, 9.17) is 27.9 Å². The van der Waals surface area contributed by atoms with E-state index in [1.807, 2.05) is 0 Å². The van der Waals surface area contributed by atoms with Crippen LogP contribution in [0.15, 0.2) is 0 Å². The van der Waals surface area contributed by atoms with Crippen molar-refractivity contribution in [2.75, 3.05) is 25.0 Å². The van der Waals surface area contributed by atoms with Crippen molar-refractivity contribution in [3.63, 3.8) is 0 Å². The predicted molar refractivity (Wildman–Crippen MR) is 69.1 cm³/mol. The molecular formula is C12H24Cl2O. The first-order valence-electron chi connectivity index (χ1n) is 5.82. The Morgan fingerprint density at radius 3 is 2.13 bits per heavy atom. The van der Waals surface area contributed by atoms with Crippen molar-refractivity contribution in [1.29, 1.82) is 0 Å². The van der Waals surface area contributed by atoms with Crippen LogP contribution in [0.5, 0.6) is 0 Å². The average molecular weight is 255 g/mol. The normalized spacial score (nSPS) is 12.4. The molecule has 0 spiro atoms. The first-order valence-corrected chi connectivity index (χ1v) is 6.89. The van der Waals surface area contributed by atoms with Gasteiger partial charge in [-0.25, -0.2) is 0 Å². The molecule has 0 saturated carbocycles. The zero-order valence-electron chi connectivity index (χ0n) is 10.2. The predicted octanol–water partition coefficient (Wildman–Crippen LogP) is 4.31. The molecule has 0 aromatic carbocycles. The Labute approximate surface area is 104 Å². The molecule has 0 rings (SSSR count). The minimum atomic E-state index is 0.0370. The highest BCUT2D eigenvalue weighted by molar-refractivity contribution is 6.21. The van der Waals surface area contributed by atoms with Crippen molar-refractivity contribution in [2.45, 2.75) is 40.0 Å². The zero-order chi connectivity index (χ0) is 11.7. The van der Waals surface area contributed by atoms with Gasteiger partial charge in [0, 0.05) is 30.4 Å². The molecule has 0 aromatic rings. The molecule has 0 unspecified atom stereocenters. The van der Waals surface area contributed by atoms with Gasteiger partial charge in [-0.05, 0) is 18.8 Å². The smallest absolute Gasteiger partial charge is 0.0472 e. The highest BCUT2D eigenvalue weighted by Crippen LogP contribution is 2.34. The fourth-order valence-electron chi connectivity index (χ4n) is 1.39. The van der Waals surface area contributed by atoms with Crippen LogP contribution in [-0.2, 0) is 4.74 Å². The van der Waals surface area contributed by atoms with Crippen LogP contribution < -0.4 is 0 Å². The van der Waals surface area contributed by atoms with Gasteiger partial charge >= 0.3 is 0 Å². The second-order valence-electron chi connectivity index (χ2n) is 4.50. The third kappa shape index (κ3) is 5.42. The van der Waals surface area contributed by atoms with Gasteiger partial charge in [0.15, 0.2) is 0 Å². The van der Waals surface area contributed by atoms with Crippen LogP contribution in [0.2, 0.25) is 0 Å². The van der Waals surface area contributed by atoms with E-state index >= 15 is 0 Å². The number of halogens is 2. The van der Waals surface area contributed by atoms with Crippen molar-refractivity contribution >= 4 is 23.2 Å². The summed E-state index contributed by atoms with van der Waals surface area (Å²) in [6.07, 6.45) is 3.28. The fourth-order valence-corrected chi connectivity index (χ4v) is 2.56. The third-order valence-electron chi connectivity index (χ3n) is 3.14. The van der Waals surface area contributed by atoms with Crippen LogP contribution in [0.25, 0.3) is 0 Å². The van der Waals surface area contributed by atoms with Gasteiger partial charge in [-0.1, -0.05) is 27.2 Å². The second-order valence-corrected chi connectivity index (χ2v) is 5.03. The van der Waals surface area contributed by atoms with Crippen LogP contribution >= 0.6 is 23.2 Å². The van der Waals surface area contributed by atoms with E-state index < -0.39 is 0 Å². The van der Waals surface area contributed by atoms with E-state index in [-0.39, 0.29) is 5.41 Å². The van der Waals surface area contributed by atoms with E-state index in [0.717, 1.165) is 26.1 Å². The first kappa shape index (κ1) is 15.5. The SMILES string of the molecule is CCCCOCCC(CCl)(CCl)C(C)C. The Hall–Kier alpha value is 0.540. The van der Waals surface area contributed by atoms with Gasteiger partial charge in [-0.2, -0.15) is 0 Å². The lowest BCUT2D eigenvalue weighted by Crippen LogP contribution is -2.33. The molecule has 0 fully saturated rings. The van der Waals surface area contributed by atoms with E-state index in [0.29, 0.717) is 17.7 Å². The third-order valence-corrected chi connectivity index (χ3v) is 4.21. The lowest BCUT2D eigenvalue weighted by Gasteiger charge is -2.33. The highest BCUT2D eigenvalue weighted by atomic mass is 35.5. The number of alkyl halides is 2. The summed E-state index contributed by atoms with van der Waals surface area (Å²) in [7, 11) is 0. The molecule has 92 valence electrons. The summed E-state index contributed by atoms with van der Waals surface area (Å²) < 4.78 is 5.57. The molecule has 0 atom stereocenters. The number of hydrogen-bond acceptors (Lipinski definition) is 1. The molecule has 0 aliphatic rings. The molecule has 0 aromatic heterocycles. The highest BCUT2D eigenvalue weighted by Gasteiger charge is 2.31. The van der Waals surface area contributed by atoms with Gasteiger partial charge in [0.05, 0.1) is 0 Å². The van der Waals surface area contributed by atoms with Crippen molar-refractivity contribution in [1.82, 2.24) is 0 Å². The average Bonchev–Trinajstić information content (AvgIpc) is 2.23. The van der Waals surface area contributed by atoms with Crippen LogP contribution in [-0.4, -0.2) is 25.0 Å². The summed E-state index contributed by atoms with van der Waals surface area (Å²) in [5.74, 6) is 1.73. The number of rotatable bonds is 9. The molecule has 0 bridgehead atoms. The van der Waals surface area contributed by atoms with Gasteiger partial charge in [0.2, 0.25) is 0 Å². The Bertz CT molecular complexity index is 145. The lowest BCUT2D eigenvalue weighted by molar-refractivity contribution is 0.0889. The molecule has 15 heavy (non-hydrogen) atoms. The van der Waals surface area contributed by atoms with E-state index in [2.05, 4.69) is 20.8 Å². The van der Waals surface area contributed by atoms with E-state index in [1.54, 1.807) is 0 Å². The van der Waals surface area contributed by atoms with Crippen LogP contribution in [0.1, 0.15) is 40.0 Å². The summed E-state index contributed by atoms with van der Waals surface area (Å²) in [5, 5.41) is 0. The van der Waals surface area contributed by atoms with Crippen molar-refractivity contribution in [3.8, 4) is 0 Å². The second kappa shape index (κ2) is 8.66. The summed E-state index contributed by atoms with van der Waals surface area (Å²) in [4.78, 5) is 0. The molecule has 0 aliphatic carbocycles. The molecule has 0 radical (unpaired) electrons. The monoisotopic (exact) mass is 254 g/mol. The number of ether oxygens (including phenoxy) is 1. The molecule has 0 heterocycles. The molecule has 0 aliphatic heterocycles. The first-order chi connectivity index (χ1) is 7.13.